The van der Waals surface area contributed by atoms with Gasteiger partial charge >= 0.3 is 0 Å². The van der Waals surface area contributed by atoms with Gasteiger partial charge in [0.25, 0.3) is 0 Å². The highest BCUT2D eigenvalue weighted by Crippen LogP contribution is 2.34. The molecule has 0 aliphatic carbocycles. The second-order valence-corrected chi connectivity index (χ2v) is 7.71. The predicted octanol–water partition coefficient (Wildman–Crippen LogP) is 4.01. The highest BCUT2D eigenvalue weighted by molar-refractivity contribution is 5.25. The molecule has 0 saturated carbocycles. The molecule has 1 aromatic carbocycles. The van der Waals surface area contributed by atoms with E-state index in [4.69, 9.17) is 5.73 Å². The molecule has 2 N–H and O–H groups in total. The van der Waals surface area contributed by atoms with Crippen LogP contribution in [0.3, 0.4) is 0 Å². The summed E-state index contributed by atoms with van der Waals surface area (Å²) in [5, 5.41) is 0. The Balaban J connectivity index is 1.88. The van der Waals surface area contributed by atoms with Crippen molar-refractivity contribution in [2.75, 3.05) is 19.6 Å². The van der Waals surface area contributed by atoms with Crippen LogP contribution in [0.15, 0.2) is 24.3 Å². The maximum Gasteiger partial charge on any atom is 0.0424 e. The zero-order valence-electron chi connectivity index (χ0n) is 14.2. The summed E-state index contributed by atoms with van der Waals surface area (Å²) in [5.74, 6) is 0.802. The van der Waals surface area contributed by atoms with E-state index in [2.05, 4.69) is 56.9 Å². The molecule has 21 heavy (non-hydrogen) atoms. The lowest BCUT2D eigenvalue weighted by Crippen LogP contribution is -2.32. The molecule has 2 atom stereocenters. The first-order chi connectivity index (χ1) is 9.90. The Hall–Kier alpha value is -0.860. The van der Waals surface area contributed by atoms with E-state index in [0.29, 0.717) is 5.41 Å². The van der Waals surface area contributed by atoms with Gasteiger partial charge in [0.2, 0.25) is 0 Å². The van der Waals surface area contributed by atoms with E-state index in [9.17, 15) is 0 Å². The zero-order chi connectivity index (χ0) is 15.5. The van der Waals surface area contributed by atoms with Crippen LogP contribution in [0.5, 0.6) is 0 Å². The van der Waals surface area contributed by atoms with Crippen molar-refractivity contribution >= 4 is 0 Å². The van der Waals surface area contributed by atoms with E-state index in [-0.39, 0.29) is 6.04 Å². The quantitative estimate of drug-likeness (QED) is 0.887. The van der Waals surface area contributed by atoms with Gasteiger partial charge in [-0.1, -0.05) is 58.4 Å². The van der Waals surface area contributed by atoms with Gasteiger partial charge in [-0.2, -0.15) is 0 Å². The van der Waals surface area contributed by atoms with E-state index in [1.807, 2.05) is 0 Å². The van der Waals surface area contributed by atoms with Crippen molar-refractivity contribution in [1.82, 2.24) is 4.90 Å². The van der Waals surface area contributed by atoms with Crippen LogP contribution in [0.4, 0.5) is 0 Å². The number of aryl methyl sites for hydroxylation is 1. The maximum absolute atomic E-state index is 6.41. The van der Waals surface area contributed by atoms with Gasteiger partial charge in [0.05, 0.1) is 0 Å². The molecule has 0 amide bonds. The molecule has 2 heteroatoms. The number of likely N-dealkylation sites (tertiary alicyclic amines) is 1. The summed E-state index contributed by atoms with van der Waals surface area (Å²) in [7, 11) is 0. The lowest BCUT2D eigenvalue weighted by Gasteiger charge is -2.28. The number of nitrogens with two attached hydrogens (primary N) is 1. The van der Waals surface area contributed by atoms with Gasteiger partial charge < -0.3 is 10.6 Å². The normalized spacial score (nSPS) is 21.7. The van der Waals surface area contributed by atoms with Gasteiger partial charge in [0.1, 0.15) is 0 Å². The Bertz CT molecular complexity index is 430. The molecule has 0 bridgehead atoms. The lowest BCUT2D eigenvalue weighted by atomic mass is 9.80. The molecule has 1 aliphatic rings. The molecule has 2 rings (SSSR count). The monoisotopic (exact) mass is 288 g/mol. The van der Waals surface area contributed by atoms with Crippen molar-refractivity contribution < 1.29 is 0 Å². The fourth-order valence-electron chi connectivity index (χ4n) is 3.31. The van der Waals surface area contributed by atoms with Gasteiger partial charge in [-0.05, 0) is 41.8 Å². The zero-order valence-corrected chi connectivity index (χ0v) is 14.2. The minimum atomic E-state index is 0.138. The minimum Gasteiger partial charge on any atom is -0.323 e. The van der Waals surface area contributed by atoms with Crippen molar-refractivity contribution in [3.63, 3.8) is 0 Å². The summed E-state index contributed by atoms with van der Waals surface area (Å²) in [6.07, 6.45) is 3.67. The molecular formula is C19H32N2. The standard InChI is InChI=1S/C19H32N2/c1-5-6-15-7-9-16(10-8-15)18(20)14-21-12-11-17(13-21)19(2,3)4/h7-10,17-18H,5-6,11-14,20H2,1-4H3. The molecule has 1 aliphatic heterocycles. The molecule has 2 nitrogen and oxygen atoms in total. The fourth-order valence-corrected chi connectivity index (χ4v) is 3.31. The maximum atomic E-state index is 6.41. The van der Waals surface area contributed by atoms with Crippen LogP contribution in [0, 0.1) is 11.3 Å². The molecule has 0 spiro atoms. The van der Waals surface area contributed by atoms with Gasteiger partial charge in [0.15, 0.2) is 0 Å². The Kier molecular flexibility index (Phi) is 5.45. The van der Waals surface area contributed by atoms with Crippen molar-refractivity contribution in [1.29, 1.82) is 0 Å². The first-order valence-corrected chi connectivity index (χ1v) is 8.47. The molecule has 118 valence electrons. The lowest BCUT2D eigenvalue weighted by molar-refractivity contribution is 0.224. The average Bonchev–Trinajstić information content (AvgIpc) is 2.88. The second-order valence-electron chi connectivity index (χ2n) is 7.71. The van der Waals surface area contributed by atoms with E-state index in [1.54, 1.807) is 0 Å². The number of benzene rings is 1. The van der Waals surface area contributed by atoms with Crippen LogP contribution >= 0.6 is 0 Å². The Morgan fingerprint density at radius 2 is 1.90 bits per heavy atom. The first kappa shape index (κ1) is 16.5. The predicted molar refractivity (Wildman–Crippen MR) is 91.4 cm³/mol. The molecule has 2 unspecified atom stereocenters. The number of hydrogen-bond acceptors (Lipinski definition) is 2. The highest BCUT2D eigenvalue weighted by Gasteiger charge is 2.32. The van der Waals surface area contributed by atoms with Crippen LogP contribution in [-0.2, 0) is 6.42 Å². The number of nitrogens with zero attached hydrogens (tertiary/aromatic N) is 1. The van der Waals surface area contributed by atoms with Crippen LogP contribution in [0.25, 0.3) is 0 Å². The summed E-state index contributed by atoms with van der Waals surface area (Å²) in [4.78, 5) is 2.54. The van der Waals surface area contributed by atoms with Crippen LogP contribution < -0.4 is 5.73 Å². The molecular weight excluding hydrogens is 256 g/mol. The van der Waals surface area contributed by atoms with Gasteiger partial charge in [-0.3, -0.25) is 0 Å². The second kappa shape index (κ2) is 6.93. The highest BCUT2D eigenvalue weighted by atomic mass is 15.2. The molecule has 1 aromatic rings. The molecule has 0 aromatic heterocycles. The van der Waals surface area contributed by atoms with Crippen LogP contribution in [-0.4, -0.2) is 24.5 Å². The SMILES string of the molecule is CCCc1ccc(C(N)CN2CCC(C(C)(C)C)C2)cc1. The third kappa shape index (κ3) is 4.55. The van der Waals surface area contributed by atoms with Crippen molar-refractivity contribution in [2.24, 2.45) is 17.1 Å². The summed E-state index contributed by atoms with van der Waals surface area (Å²) in [6.45, 7) is 12.7. The Morgan fingerprint density at radius 3 is 2.43 bits per heavy atom. The first-order valence-electron chi connectivity index (χ1n) is 8.47. The third-order valence-electron chi connectivity index (χ3n) is 4.90. The van der Waals surface area contributed by atoms with Gasteiger partial charge in [-0.25, -0.2) is 0 Å². The topological polar surface area (TPSA) is 29.3 Å². The van der Waals surface area contributed by atoms with E-state index in [0.717, 1.165) is 18.9 Å². The third-order valence-corrected chi connectivity index (χ3v) is 4.90. The summed E-state index contributed by atoms with van der Waals surface area (Å²) in [6, 6.07) is 9.04. The van der Waals surface area contributed by atoms with E-state index >= 15 is 0 Å². The molecule has 1 saturated heterocycles. The van der Waals surface area contributed by atoms with Crippen LogP contribution in [0.1, 0.15) is 57.7 Å². The summed E-state index contributed by atoms with van der Waals surface area (Å²) in [5.41, 5.74) is 9.52. The molecule has 1 heterocycles. The molecule has 0 radical (unpaired) electrons. The van der Waals surface area contributed by atoms with Gasteiger partial charge in [-0.15, -0.1) is 0 Å². The largest absolute Gasteiger partial charge is 0.323 e. The van der Waals surface area contributed by atoms with Crippen molar-refractivity contribution in [3.8, 4) is 0 Å². The average molecular weight is 288 g/mol. The van der Waals surface area contributed by atoms with E-state index < -0.39 is 0 Å². The van der Waals surface area contributed by atoms with Gasteiger partial charge in [0, 0.05) is 19.1 Å². The smallest absolute Gasteiger partial charge is 0.0424 e. The number of rotatable bonds is 5. The minimum absolute atomic E-state index is 0.138. The Morgan fingerprint density at radius 1 is 1.24 bits per heavy atom. The summed E-state index contributed by atoms with van der Waals surface area (Å²) >= 11 is 0. The number of hydrogen-bond donors (Lipinski definition) is 1. The van der Waals surface area contributed by atoms with Crippen molar-refractivity contribution in [2.45, 2.75) is 53.0 Å². The van der Waals surface area contributed by atoms with Crippen LogP contribution in [0.2, 0.25) is 0 Å². The fraction of sp³-hybridized carbons (Fsp3) is 0.684. The Labute approximate surface area is 130 Å². The van der Waals surface area contributed by atoms with Crippen molar-refractivity contribution in [3.05, 3.63) is 35.4 Å². The summed E-state index contributed by atoms with van der Waals surface area (Å²) < 4.78 is 0. The molecule has 1 fully saturated rings. The van der Waals surface area contributed by atoms with E-state index in [1.165, 1.54) is 37.1 Å².